The molecule has 1 aromatic carbocycles. The van der Waals surface area contributed by atoms with Gasteiger partial charge < -0.3 is 4.74 Å². The molecule has 1 heterocycles. The molecule has 1 heteroatoms. The van der Waals surface area contributed by atoms with Crippen LogP contribution in [-0.4, -0.2) is 0 Å². The van der Waals surface area contributed by atoms with Crippen molar-refractivity contribution in [1.82, 2.24) is 0 Å². The first-order valence-corrected chi connectivity index (χ1v) is 8.07. The van der Waals surface area contributed by atoms with Crippen LogP contribution in [0.15, 0.2) is 48.8 Å². The van der Waals surface area contributed by atoms with E-state index in [1.165, 1.54) is 6.42 Å². The summed E-state index contributed by atoms with van der Waals surface area (Å²) in [5.74, 6) is 1.74. The SMILES string of the molecule is C=CC1=C(C)OC(/C=C\C)=c2c1cccc2=C.CC.CCC. The minimum absolute atomic E-state index is 0.858. The second-order valence-corrected chi connectivity index (χ2v) is 4.69. The highest BCUT2D eigenvalue weighted by Crippen LogP contribution is 2.24. The first-order chi connectivity index (χ1) is 10.6. The quantitative estimate of drug-likeness (QED) is 0.732. The molecule has 0 unspecified atom stereocenters. The van der Waals surface area contributed by atoms with Crippen molar-refractivity contribution in [2.45, 2.75) is 48.0 Å². The van der Waals surface area contributed by atoms with E-state index in [1.54, 1.807) is 0 Å². The van der Waals surface area contributed by atoms with Crippen molar-refractivity contribution in [3.8, 4) is 0 Å². The van der Waals surface area contributed by atoms with Crippen molar-refractivity contribution in [3.05, 3.63) is 64.8 Å². The van der Waals surface area contributed by atoms with Crippen molar-refractivity contribution in [2.24, 2.45) is 0 Å². The Bertz CT molecular complexity index is 645. The molecule has 0 N–H and O–H groups in total. The zero-order valence-electron chi connectivity index (χ0n) is 15.0. The molecule has 1 nitrogen and oxygen atoms in total. The molecule has 0 atom stereocenters. The van der Waals surface area contributed by atoms with Crippen LogP contribution in [0.4, 0.5) is 0 Å². The molecule has 0 bridgehead atoms. The Kier molecular flexibility index (Phi) is 9.69. The summed E-state index contributed by atoms with van der Waals surface area (Å²) in [6, 6.07) is 6.08. The molecule has 0 spiro atoms. The van der Waals surface area contributed by atoms with E-state index < -0.39 is 0 Å². The van der Waals surface area contributed by atoms with Crippen LogP contribution in [0, 0.1) is 0 Å². The predicted molar refractivity (Wildman–Crippen MR) is 101 cm³/mol. The lowest BCUT2D eigenvalue weighted by Gasteiger charge is -2.18. The van der Waals surface area contributed by atoms with Crippen LogP contribution >= 0.6 is 0 Å². The molecule has 0 aromatic heterocycles. The van der Waals surface area contributed by atoms with Crippen LogP contribution in [0.3, 0.4) is 0 Å². The van der Waals surface area contributed by atoms with Crippen LogP contribution in [0.25, 0.3) is 17.9 Å². The fourth-order valence-electron chi connectivity index (χ4n) is 2.10. The van der Waals surface area contributed by atoms with E-state index in [4.69, 9.17) is 4.74 Å². The standard InChI is InChI=1S/C16H16O.C3H8.C2H6/c1-5-8-15-16-11(3)9-7-10-14(16)13(6-2)12(4)17-15;1-3-2;1-2/h5-10H,2-3H2,1,4H3;3H2,1-2H3;1-2H3/b8-5-;;. The van der Waals surface area contributed by atoms with Crippen molar-refractivity contribution in [2.75, 3.05) is 0 Å². The van der Waals surface area contributed by atoms with Crippen LogP contribution in [0.2, 0.25) is 0 Å². The van der Waals surface area contributed by atoms with Gasteiger partial charge in [-0.05, 0) is 30.7 Å². The Labute approximate surface area is 136 Å². The molecule has 120 valence electrons. The largest absolute Gasteiger partial charge is 0.461 e. The van der Waals surface area contributed by atoms with Crippen LogP contribution in [0.5, 0.6) is 0 Å². The Balaban J connectivity index is 0.000000789. The maximum Gasteiger partial charge on any atom is 0.135 e. The first kappa shape index (κ1) is 20.0. The van der Waals surface area contributed by atoms with E-state index in [0.717, 1.165) is 33.1 Å². The normalized spacial score (nSPS) is 12.5. The Morgan fingerprint density at radius 2 is 1.77 bits per heavy atom. The summed E-state index contributed by atoms with van der Waals surface area (Å²) in [5.41, 5.74) is 2.18. The Hall–Kier alpha value is -2.02. The van der Waals surface area contributed by atoms with Gasteiger partial charge in [0.15, 0.2) is 0 Å². The van der Waals surface area contributed by atoms with Crippen molar-refractivity contribution < 1.29 is 4.74 Å². The fourth-order valence-corrected chi connectivity index (χ4v) is 2.10. The van der Waals surface area contributed by atoms with Crippen molar-refractivity contribution in [3.63, 3.8) is 0 Å². The molecule has 0 saturated carbocycles. The second-order valence-electron chi connectivity index (χ2n) is 4.69. The van der Waals surface area contributed by atoms with Gasteiger partial charge in [0.05, 0.1) is 0 Å². The van der Waals surface area contributed by atoms with Crippen molar-refractivity contribution in [1.29, 1.82) is 0 Å². The molecule has 0 radical (unpaired) electrons. The molecule has 0 amide bonds. The summed E-state index contributed by atoms with van der Waals surface area (Å²) in [5, 5.41) is 2.04. The van der Waals surface area contributed by atoms with E-state index in [-0.39, 0.29) is 0 Å². The van der Waals surface area contributed by atoms with Gasteiger partial charge in [-0.2, -0.15) is 0 Å². The van der Waals surface area contributed by atoms with Gasteiger partial charge >= 0.3 is 0 Å². The fraction of sp³-hybridized carbons (Fsp3) is 0.333. The summed E-state index contributed by atoms with van der Waals surface area (Å²) in [4.78, 5) is 0. The molecule has 1 aliphatic rings. The van der Waals surface area contributed by atoms with Gasteiger partial charge in [-0.25, -0.2) is 0 Å². The third-order valence-corrected chi connectivity index (χ3v) is 2.85. The number of rotatable bonds is 2. The second kappa shape index (κ2) is 10.7. The number of hydrogen-bond acceptors (Lipinski definition) is 1. The smallest absolute Gasteiger partial charge is 0.135 e. The van der Waals surface area contributed by atoms with Gasteiger partial charge in [-0.1, -0.05) is 77.6 Å². The van der Waals surface area contributed by atoms with Gasteiger partial charge in [0.25, 0.3) is 0 Å². The highest BCUT2D eigenvalue weighted by molar-refractivity contribution is 5.80. The summed E-state index contributed by atoms with van der Waals surface area (Å²) in [6.07, 6.45) is 7.02. The predicted octanol–water partition coefficient (Wildman–Crippen LogP) is 5.17. The Morgan fingerprint density at radius 1 is 1.18 bits per heavy atom. The van der Waals surface area contributed by atoms with Crippen LogP contribution in [0.1, 0.15) is 53.5 Å². The van der Waals surface area contributed by atoms with E-state index in [2.05, 4.69) is 33.1 Å². The summed E-state index contributed by atoms with van der Waals surface area (Å²) < 4.78 is 5.84. The highest BCUT2D eigenvalue weighted by atomic mass is 16.5. The summed E-state index contributed by atoms with van der Waals surface area (Å²) in [6.45, 7) is 20.1. The number of fused-ring (bicyclic) bond motifs is 1. The number of hydrogen-bond donors (Lipinski definition) is 0. The monoisotopic (exact) mass is 298 g/mol. The van der Waals surface area contributed by atoms with Crippen LogP contribution in [-0.2, 0) is 4.74 Å². The van der Waals surface area contributed by atoms with Gasteiger partial charge in [0.2, 0.25) is 0 Å². The lowest BCUT2D eigenvalue weighted by atomic mass is 9.98. The first-order valence-electron chi connectivity index (χ1n) is 8.07. The van der Waals surface area contributed by atoms with Crippen molar-refractivity contribution >= 4 is 17.9 Å². The maximum atomic E-state index is 5.84. The molecule has 2 rings (SSSR count). The molecule has 1 aliphatic heterocycles. The summed E-state index contributed by atoms with van der Waals surface area (Å²) >= 11 is 0. The van der Waals surface area contributed by atoms with Gasteiger partial charge in [0.1, 0.15) is 11.5 Å². The maximum absolute atomic E-state index is 5.84. The molecule has 1 aromatic rings. The van der Waals surface area contributed by atoms with E-state index in [9.17, 15) is 0 Å². The minimum atomic E-state index is 0.858. The molecule has 0 aliphatic carbocycles. The average Bonchev–Trinajstić information content (AvgIpc) is 2.50. The van der Waals surface area contributed by atoms with E-state index in [1.807, 2.05) is 58.1 Å². The lowest BCUT2D eigenvalue weighted by Crippen LogP contribution is -2.31. The topological polar surface area (TPSA) is 9.23 Å². The van der Waals surface area contributed by atoms with Gasteiger partial charge in [-0.15, -0.1) is 0 Å². The zero-order valence-corrected chi connectivity index (χ0v) is 15.0. The Morgan fingerprint density at radius 3 is 2.27 bits per heavy atom. The number of ether oxygens (including phenoxy) is 1. The lowest BCUT2D eigenvalue weighted by molar-refractivity contribution is 0.383. The number of benzene rings is 1. The molecular weight excluding hydrogens is 268 g/mol. The molecule has 0 fully saturated rings. The number of allylic oxidation sites excluding steroid dienone is 4. The van der Waals surface area contributed by atoms with Gasteiger partial charge in [0, 0.05) is 10.8 Å². The zero-order chi connectivity index (χ0) is 17.1. The third kappa shape index (κ3) is 4.77. The van der Waals surface area contributed by atoms with Gasteiger partial charge in [-0.3, -0.25) is 0 Å². The molecule has 0 saturated heterocycles. The highest BCUT2D eigenvalue weighted by Gasteiger charge is 2.14. The average molecular weight is 298 g/mol. The van der Waals surface area contributed by atoms with E-state index >= 15 is 0 Å². The molecule has 22 heavy (non-hydrogen) atoms. The third-order valence-electron chi connectivity index (χ3n) is 2.85. The minimum Gasteiger partial charge on any atom is -0.461 e. The van der Waals surface area contributed by atoms with E-state index in [0.29, 0.717) is 0 Å². The van der Waals surface area contributed by atoms with Crippen LogP contribution < -0.4 is 10.4 Å². The molecular formula is C21H30O. The summed E-state index contributed by atoms with van der Waals surface area (Å²) in [7, 11) is 0.